The standard InChI is InChI=1S/C14H15N3O2/c1-19-12-10-17(11-6-3-2-4-7-11)15-13(12)14(18)16-8-5-9-16/h2-4,6-7,10H,5,8-9H2,1H3. The van der Waals surface area contributed by atoms with E-state index in [0.717, 1.165) is 25.2 Å². The molecule has 5 nitrogen and oxygen atoms in total. The number of hydrogen-bond acceptors (Lipinski definition) is 3. The van der Waals surface area contributed by atoms with Gasteiger partial charge in [-0.1, -0.05) is 18.2 Å². The van der Waals surface area contributed by atoms with Gasteiger partial charge in [-0.25, -0.2) is 4.68 Å². The van der Waals surface area contributed by atoms with Crippen molar-refractivity contribution in [2.45, 2.75) is 6.42 Å². The maximum Gasteiger partial charge on any atom is 0.278 e. The van der Waals surface area contributed by atoms with Crippen LogP contribution in [0.2, 0.25) is 0 Å². The summed E-state index contributed by atoms with van der Waals surface area (Å²) in [4.78, 5) is 14.0. The second-order valence-corrected chi connectivity index (χ2v) is 4.47. The maximum absolute atomic E-state index is 12.2. The van der Waals surface area contributed by atoms with E-state index < -0.39 is 0 Å². The van der Waals surface area contributed by atoms with Gasteiger partial charge in [0, 0.05) is 13.1 Å². The fourth-order valence-corrected chi connectivity index (χ4v) is 2.04. The number of para-hydroxylation sites is 1. The van der Waals surface area contributed by atoms with Crippen LogP contribution in [0.15, 0.2) is 36.5 Å². The van der Waals surface area contributed by atoms with Crippen LogP contribution >= 0.6 is 0 Å². The predicted octanol–water partition coefficient (Wildman–Crippen LogP) is 1.73. The highest BCUT2D eigenvalue weighted by Crippen LogP contribution is 2.22. The lowest BCUT2D eigenvalue weighted by atomic mass is 10.2. The SMILES string of the molecule is COc1cn(-c2ccccc2)nc1C(=O)N1CCC1. The van der Waals surface area contributed by atoms with Gasteiger partial charge in [-0.05, 0) is 18.6 Å². The number of carbonyl (C=O) groups excluding carboxylic acids is 1. The highest BCUT2D eigenvalue weighted by Gasteiger charge is 2.27. The first-order chi connectivity index (χ1) is 9.29. The van der Waals surface area contributed by atoms with E-state index in [9.17, 15) is 4.79 Å². The smallest absolute Gasteiger partial charge is 0.278 e. The molecule has 0 bridgehead atoms. The first kappa shape index (κ1) is 11.8. The van der Waals surface area contributed by atoms with Crippen molar-refractivity contribution >= 4 is 5.91 Å². The quantitative estimate of drug-likeness (QED) is 0.841. The van der Waals surface area contributed by atoms with Gasteiger partial charge in [0.05, 0.1) is 19.0 Å². The Morgan fingerprint density at radius 3 is 2.58 bits per heavy atom. The molecule has 1 aliphatic rings. The third-order valence-electron chi connectivity index (χ3n) is 3.27. The van der Waals surface area contributed by atoms with Gasteiger partial charge in [-0.3, -0.25) is 4.79 Å². The number of carbonyl (C=O) groups is 1. The monoisotopic (exact) mass is 257 g/mol. The molecule has 0 saturated carbocycles. The Bertz CT molecular complexity index is 588. The predicted molar refractivity (Wildman–Crippen MR) is 70.6 cm³/mol. The second kappa shape index (κ2) is 4.76. The molecule has 0 aliphatic carbocycles. The largest absolute Gasteiger partial charge is 0.493 e. The van der Waals surface area contributed by atoms with Crippen molar-refractivity contribution in [3.63, 3.8) is 0 Å². The molecule has 1 aliphatic heterocycles. The summed E-state index contributed by atoms with van der Waals surface area (Å²) in [5, 5.41) is 4.35. The highest BCUT2D eigenvalue weighted by molar-refractivity contribution is 5.95. The van der Waals surface area contributed by atoms with Crippen molar-refractivity contribution in [3.8, 4) is 11.4 Å². The minimum atomic E-state index is -0.0576. The van der Waals surface area contributed by atoms with E-state index in [1.165, 1.54) is 0 Å². The van der Waals surface area contributed by atoms with Crippen LogP contribution in [0.1, 0.15) is 16.9 Å². The number of hydrogen-bond donors (Lipinski definition) is 0. The fraction of sp³-hybridized carbons (Fsp3) is 0.286. The zero-order valence-corrected chi connectivity index (χ0v) is 10.7. The van der Waals surface area contributed by atoms with Crippen molar-refractivity contribution in [1.82, 2.24) is 14.7 Å². The third kappa shape index (κ3) is 2.07. The average molecular weight is 257 g/mol. The molecule has 0 atom stereocenters. The van der Waals surface area contributed by atoms with E-state index in [1.807, 2.05) is 30.3 Å². The molecule has 2 aromatic rings. The fourth-order valence-electron chi connectivity index (χ4n) is 2.04. The summed E-state index contributed by atoms with van der Waals surface area (Å²) < 4.78 is 6.93. The molecule has 1 aromatic carbocycles. The summed E-state index contributed by atoms with van der Waals surface area (Å²) in [7, 11) is 1.55. The van der Waals surface area contributed by atoms with E-state index >= 15 is 0 Å². The van der Waals surface area contributed by atoms with Crippen LogP contribution in [-0.2, 0) is 0 Å². The Hall–Kier alpha value is -2.30. The van der Waals surface area contributed by atoms with Gasteiger partial charge in [0.1, 0.15) is 0 Å². The van der Waals surface area contributed by atoms with Crippen molar-refractivity contribution in [3.05, 3.63) is 42.2 Å². The molecule has 2 heterocycles. The van der Waals surface area contributed by atoms with Crippen molar-refractivity contribution in [2.24, 2.45) is 0 Å². The van der Waals surface area contributed by atoms with Crippen molar-refractivity contribution < 1.29 is 9.53 Å². The Balaban J connectivity index is 1.96. The minimum Gasteiger partial charge on any atom is -0.493 e. The lowest BCUT2D eigenvalue weighted by Crippen LogP contribution is -2.42. The highest BCUT2D eigenvalue weighted by atomic mass is 16.5. The molecular weight excluding hydrogens is 242 g/mol. The molecule has 0 N–H and O–H groups in total. The zero-order chi connectivity index (χ0) is 13.2. The molecule has 0 unspecified atom stereocenters. The lowest BCUT2D eigenvalue weighted by Gasteiger charge is -2.30. The maximum atomic E-state index is 12.2. The zero-order valence-electron chi connectivity index (χ0n) is 10.7. The molecule has 1 aromatic heterocycles. The number of nitrogens with zero attached hydrogens (tertiary/aromatic N) is 3. The molecular formula is C14H15N3O2. The summed E-state index contributed by atoms with van der Waals surface area (Å²) >= 11 is 0. The summed E-state index contributed by atoms with van der Waals surface area (Å²) in [5.41, 5.74) is 1.29. The van der Waals surface area contributed by atoms with E-state index in [2.05, 4.69) is 5.10 Å². The molecule has 98 valence electrons. The Kier molecular flexibility index (Phi) is 2.95. The van der Waals surface area contributed by atoms with Gasteiger partial charge in [-0.15, -0.1) is 0 Å². The van der Waals surface area contributed by atoms with Crippen LogP contribution < -0.4 is 4.74 Å². The van der Waals surface area contributed by atoms with Gasteiger partial charge in [-0.2, -0.15) is 5.10 Å². The first-order valence-corrected chi connectivity index (χ1v) is 6.28. The van der Waals surface area contributed by atoms with E-state index in [1.54, 1.807) is 22.9 Å². The second-order valence-electron chi connectivity index (χ2n) is 4.47. The summed E-state index contributed by atoms with van der Waals surface area (Å²) in [6.45, 7) is 1.61. The van der Waals surface area contributed by atoms with Gasteiger partial charge in [0.2, 0.25) is 0 Å². The topological polar surface area (TPSA) is 47.4 Å². The number of benzene rings is 1. The van der Waals surface area contributed by atoms with Crippen LogP contribution in [0.25, 0.3) is 5.69 Å². The van der Waals surface area contributed by atoms with Crippen molar-refractivity contribution in [2.75, 3.05) is 20.2 Å². The molecule has 1 saturated heterocycles. The number of likely N-dealkylation sites (tertiary alicyclic amines) is 1. The molecule has 0 spiro atoms. The Labute approximate surface area is 111 Å². The van der Waals surface area contributed by atoms with Gasteiger partial charge in [0.15, 0.2) is 11.4 Å². The molecule has 1 fully saturated rings. The molecule has 0 radical (unpaired) electrons. The summed E-state index contributed by atoms with van der Waals surface area (Å²) in [6, 6.07) is 9.67. The number of rotatable bonds is 3. The Morgan fingerprint density at radius 2 is 2.00 bits per heavy atom. The number of methoxy groups -OCH3 is 1. The van der Waals surface area contributed by atoms with Crippen LogP contribution in [0, 0.1) is 0 Å². The van der Waals surface area contributed by atoms with Crippen molar-refractivity contribution in [1.29, 1.82) is 0 Å². The lowest BCUT2D eigenvalue weighted by molar-refractivity contribution is 0.0642. The number of aromatic nitrogens is 2. The minimum absolute atomic E-state index is 0.0576. The molecule has 19 heavy (non-hydrogen) atoms. The summed E-state index contributed by atoms with van der Waals surface area (Å²) in [5.74, 6) is 0.457. The van der Waals surface area contributed by atoms with Crippen LogP contribution in [-0.4, -0.2) is 40.8 Å². The van der Waals surface area contributed by atoms with Crippen LogP contribution in [0.5, 0.6) is 5.75 Å². The van der Waals surface area contributed by atoms with E-state index in [0.29, 0.717) is 11.4 Å². The number of ether oxygens (including phenoxy) is 1. The average Bonchev–Trinajstić information content (AvgIpc) is 2.82. The van der Waals surface area contributed by atoms with E-state index in [-0.39, 0.29) is 5.91 Å². The molecule has 5 heteroatoms. The van der Waals surface area contributed by atoms with Gasteiger partial charge in [0.25, 0.3) is 5.91 Å². The molecule has 1 amide bonds. The number of amides is 1. The van der Waals surface area contributed by atoms with Crippen LogP contribution in [0.4, 0.5) is 0 Å². The Morgan fingerprint density at radius 1 is 1.26 bits per heavy atom. The third-order valence-corrected chi connectivity index (χ3v) is 3.27. The summed E-state index contributed by atoms with van der Waals surface area (Å²) in [6.07, 6.45) is 2.80. The molecule has 3 rings (SSSR count). The van der Waals surface area contributed by atoms with Gasteiger partial charge < -0.3 is 9.64 Å². The van der Waals surface area contributed by atoms with Crippen LogP contribution in [0.3, 0.4) is 0 Å². The first-order valence-electron chi connectivity index (χ1n) is 6.28. The van der Waals surface area contributed by atoms with Gasteiger partial charge >= 0.3 is 0 Å². The normalized spacial score (nSPS) is 14.1. The van der Waals surface area contributed by atoms with E-state index in [4.69, 9.17) is 4.74 Å².